The summed E-state index contributed by atoms with van der Waals surface area (Å²) in [6, 6.07) is 11.0. The van der Waals surface area contributed by atoms with E-state index < -0.39 is 9.85 Å². The Morgan fingerprint density at radius 3 is 1.77 bits per heavy atom. The molecule has 0 spiro atoms. The molecule has 0 saturated carbocycles. The fraction of sp³-hybridized carbons (Fsp3) is 0.300. The molecule has 11 nitrogen and oxygen atoms in total. The Bertz CT molecular complexity index is 966. The third-order valence-electron chi connectivity index (χ3n) is 5.04. The number of piperazine rings is 1. The zero-order chi connectivity index (χ0) is 22.4. The van der Waals surface area contributed by atoms with Gasteiger partial charge < -0.3 is 10.2 Å². The zero-order valence-corrected chi connectivity index (χ0v) is 16.6. The molecule has 31 heavy (non-hydrogen) atoms. The number of nitro benzene ring substituents is 2. The summed E-state index contributed by atoms with van der Waals surface area (Å²) < 4.78 is 0. The summed E-state index contributed by atoms with van der Waals surface area (Å²) in [7, 11) is 0. The van der Waals surface area contributed by atoms with Crippen LogP contribution in [0.3, 0.4) is 0 Å². The van der Waals surface area contributed by atoms with Gasteiger partial charge in [-0.1, -0.05) is 0 Å². The SMILES string of the molecule is O=C(NCCN1CCN(C(=O)c2ccc([N+](=O)[O-])cc2)CC1)c1ccc([N+](=O)[O-])cc1. The molecule has 0 radical (unpaired) electrons. The van der Waals surface area contributed by atoms with Crippen molar-refractivity contribution in [2.45, 2.75) is 0 Å². The summed E-state index contributed by atoms with van der Waals surface area (Å²) in [5.41, 5.74) is 0.633. The summed E-state index contributed by atoms with van der Waals surface area (Å²) in [5.74, 6) is -0.470. The molecule has 3 rings (SSSR count). The highest BCUT2D eigenvalue weighted by Crippen LogP contribution is 2.15. The molecule has 162 valence electrons. The molecule has 2 amide bonds. The maximum atomic E-state index is 12.6. The fourth-order valence-corrected chi connectivity index (χ4v) is 3.25. The molecule has 1 saturated heterocycles. The number of amides is 2. The van der Waals surface area contributed by atoms with Crippen molar-refractivity contribution < 1.29 is 19.4 Å². The lowest BCUT2D eigenvalue weighted by atomic mass is 10.1. The summed E-state index contributed by atoms with van der Waals surface area (Å²) in [6.07, 6.45) is 0. The Balaban J connectivity index is 1.41. The number of carbonyl (C=O) groups is 2. The number of benzene rings is 2. The summed E-state index contributed by atoms with van der Waals surface area (Å²) in [5, 5.41) is 24.2. The lowest BCUT2D eigenvalue weighted by Crippen LogP contribution is -2.50. The predicted octanol–water partition coefficient (Wildman–Crippen LogP) is 1.69. The maximum absolute atomic E-state index is 12.6. The van der Waals surface area contributed by atoms with Crippen LogP contribution in [0.25, 0.3) is 0 Å². The van der Waals surface area contributed by atoms with Gasteiger partial charge in [-0.2, -0.15) is 0 Å². The minimum absolute atomic E-state index is 0.0582. The molecular formula is C20H21N5O6. The number of rotatable bonds is 7. The molecule has 0 bridgehead atoms. The molecule has 11 heteroatoms. The first-order valence-electron chi connectivity index (χ1n) is 9.64. The van der Waals surface area contributed by atoms with Gasteiger partial charge in [0, 0.05) is 74.7 Å². The van der Waals surface area contributed by atoms with Gasteiger partial charge in [-0.15, -0.1) is 0 Å². The Morgan fingerprint density at radius 2 is 1.29 bits per heavy atom. The van der Waals surface area contributed by atoms with Crippen molar-refractivity contribution in [2.75, 3.05) is 39.3 Å². The molecule has 0 atom stereocenters. The highest BCUT2D eigenvalue weighted by Gasteiger charge is 2.22. The van der Waals surface area contributed by atoms with Crippen LogP contribution < -0.4 is 5.32 Å². The van der Waals surface area contributed by atoms with E-state index >= 15 is 0 Å². The highest BCUT2D eigenvalue weighted by atomic mass is 16.6. The number of nitrogens with zero attached hydrogens (tertiary/aromatic N) is 4. The Hall–Kier alpha value is -3.86. The van der Waals surface area contributed by atoms with Crippen LogP contribution in [0.2, 0.25) is 0 Å². The first-order chi connectivity index (χ1) is 14.8. The molecule has 1 aliphatic heterocycles. The first-order valence-corrected chi connectivity index (χ1v) is 9.64. The predicted molar refractivity (Wildman–Crippen MR) is 111 cm³/mol. The third kappa shape index (κ3) is 5.60. The van der Waals surface area contributed by atoms with Gasteiger partial charge in [-0.3, -0.25) is 34.7 Å². The van der Waals surface area contributed by atoms with Crippen LogP contribution in [0.1, 0.15) is 20.7 Å². The van der Waals surface area contributed by atoms with Crippen molar-refractivity contribution in [3.63, 3.8) is 0 Å². The molecule has 1 heterocycles. The lowest BCUT2D eigenvalue weighted by Gasteiger charge is -2.34. The molecule has 0 aromatic heterocycles. The summed E-state index contributed by atoms with van der Waals surface area (Å²) in [6.45, 7) is 3.35. The maximum Gasteiger partial charge on any atom is 0.269 e. The van der Waals surface area contributed by atoms with Crippen LogP contribution in [0.15, 0.2) is 48.5 Å². The number of nitrogens with one attached hydrogen (secondary N) is 1. The monoisotopic (exact) mass is 427 g/mol. The molecule has 1 N–H and O–H groups in total. The van der Waals surface area contributed by atoms with Crippen molar-refractivity contribution in [1.29, 1.82) is 0 Å². The minimum atomic E-state index is -0.520. The largest absolute Gasteiger partial charge is 0.351 e. The minimum Gasteiger partial charge on any atom is -0.351 e. The van der Waals surface area contributed by atoms with Crippen molar-refractivity contribution in [2.24, 2.45) is 0 Å². The van der Waals surface area contributed by atoms with Gasteiger partial charge in [0.05, 0.1) is 9.85 Å². The van der Waals surface area contributed by atoms with Crippen LogP contribution in [0.5, 0.6) is 0 Å². The molecule has 0 unspecified atom stereocenters. The molecule has 1 aliphatic rings. The van der Waals surface area contributed by atoms with Gasteiger partial charge in [0.25, 0.3) is 23.2 Å². The van der Waals surface area contributed by atoms with Crippen molar-refractivity contribution >= 4 is 23.2 Å². The molecular weight excluding hydrogens is 406 g/mol. The van der Waals surface area contributed by atoms with Gasteiger partial charge in [0.1, 0.15) is 0 Å². The van der Waals surface area contributed by atoms with Crippen LogP contribution in [0.4, 0.5) is 11.4 Å². The van der Waals surface area contributed by atoms with Gasteiger partial charge in [-0.25, -0.2) is 0 Å². The molecule has 2 aromatic carbocycles. The number of carbonyl (C=O) groups excluding carboxylic acids is 2. The number of non-ortho nitro benzene ring substituents is 2. The van der Waals surface area contributed by atoms with Crippen LogP contribution >= 0.6 is 0 Å². The number of hydrogen-bond acceptors (Lipinski definition) is 7. The lowest BCUT2D eigenvalue weighted by molar-refractivity contribution is -0.385. The van der Waals surface area contributed by atoms with Crippen molar-refractivity contribution in [1.82, 2.24) is 15.1 Å². The van der Waals surface area contributed by atoms with Crippen molar-refractivity contribution in [3.05, 3.63) is 79.9 Å². The second kappa shape index (κ2) is 9.76. The van der Waals surface area contributed by atoms with Gasteiger partial charge >= 0.3 is 0 Å². The average molecular weight is 427 g/mol. The average Bonchev–Trinajstić information content (AvgIpc) is 2.79. The molecule has 1 fully saturated rings. The quantitative estimate of drug-likeness (QED) is 0.524. The van der Waals surface area contributed by atoms with E-state index in [4.69, 9.17) is 0 Å². The Labute approximate surface area is 177 Å². The van der Waals surface area contributed by atoms with E-state index in [0.717, 1.165) is 0 Å². The zero-order valence-electron chi connectivity index (χ0n) is 16.6. The number of nitro groups is 2. The third-order valence-corrected chi connectivity index (χ3v) is 5.04. The van der Waals surface area contributed by atoms with Crippen molar-refractivity contribution in [3.8, 4) is 0 Å². The fourth-order valence-electron chi connectivity index (χ4n) is 3.25. The second-order valence-corrected chi connectivity index (χ2v) is 7.00. The van der Waals surface area contributed by atoms with Gasteiger partial charge in [0.15, 0.2) is 0 Å². The van der Waals surface area contributed by atoms with E-state index in [1.807, 2.05) is 0 Å². The highest BCUT2D eigenvalue weighted by molar-refractivity contribution is 5.95. The van der Waals surface area contributed by atoms with E-state index in [9.17, 15) is 29.8 Å². The van der Waals surface area contributed by atoms with Crippen LogP contribution in [0, 0.1) is 20.2 Å². The Morgan fingerprint density at radius 1 is 0.806 bits per heavy atom. The first kappa shape index (κ1) is 21.8. The van der Waals surface area contributed by atoms with E-state index in [-0.39, 0.29) is 23.2 Å². The summed E-state index contributed by atoms with van der Waals surface area (Å²) in [4.78, 5) is 48.9. The van der Waals surface area contributed by atoms with Crippen LogP contribution in [-0.2, 0) is 0 Å². The second-order valence-electron chi connectivity index (χ2n) is 7.00. The molecule has 0 aliphatic carbocycles. The standard InChI is InChI=1S/C20H21N5O6/c26-19(15-1-5-17(6-2-15)24(28)29)21-9-10-22-11-13-23(14-12-22)20(27)16-3-7-18(8-4-16)25(30)31/h1-8H,9-14H2,(H,21,26). The van der Waals surface area contributed by atoms with E-state index in [1.165, 1.54) is 48.5 Å². The normalized spacial score (nSPS) is 14.1. The van der Waals surface area contributed by atoms with Gasteiger partial charge in [-0.05, 0) is 24.3 Å². The summed E-state index contributed by atoms with van der Waals surface area (Å²) >= 11 is 0. The Kier molecular flexibility index (Phi) is 6.88. The van der Waals surface area contributed by atoms with E-state index in [2.05, 4.69) is 10.2 Å². The topological polar surface area (TPSA) is 139 Å². The smallest absolute Gasteiger partial charge is 0.269 e. The molecule has 2 aromatic rings. The van der Waals surface area contributed by atoms with E-state index in [1.54, 1.807) is 4.90 Å². The number of hydrogen-bond donors (Lipinski definition) is 1. The van der Waals surface area contributed by atoms with E-state index in [0.29, 0.717) is 50.4 Å². The van der Waals surface area contributed by atoms with Gasteiger partial charge in [0.2, 0.25) is 0 Å². The van der Waals surface area contributed by atoms with Crippen LogP contribution in [-0.4, -0.2) is 70.7 Å².